The summed E-state index contributed by atoms with van der Waals surface area (Å²) in [6, 6.07) is 1.93. The van der Waals surface area contributed by atoms with Crippen LogP contribution in [0.3, 0.4) is 0 Å². The molecule has 0 bridgehead atoms. The first-order valence-corrected chi connectivity index (χ1v) is 4.60. The fourth-order valence-electron chi connectivity index (χ4n) is 1.42. The summed E-state index contributed by atoms with van der Waals surface area (Å²) in [4.78, 5) is 0. The van der Waals surface area contributed by atoms with Gasteiger partial charge in [-0.3, -0.25) is 0 Å². The first-order valence-electron chi connectivity index (χ1n) is 4.60. The summed E-state index contributed by atoms with van der Waals surface area (Å²) in [5, 5.41) is 11.2. The summed E-state index contributed by atoms with van der Waals surface area (Å²) < 4.78 is 0.876. The zero-order valence-electron chi connectivity index (χ0n) is 8.21. The SMILES string of the molecule is CCCc1cc(C)[n+]([O-])cc1CN. The highest BCUT2D eigenvalue weighted by molar-refractivity contribution is 5.23. The van der Waals surface area contributed by atoms with Crippen molar-refractivity contribution < 1.29 is 4.73 Å². The summed E-state index contributed by atoms with van der Waals surface area (Å²) >= 11 is 0. The molecule has 13 heavy (non-hydrogen) atoms. The van der Waals surface area contributed by atoms with Crippen molar-refractivity contribution >= 4 is 0 Å². The molecule has 0 radical (unpaired) electrons. The fourth-order valence-corrected chi connectivity index (χ4v) is 1.42. The molecule has 0 amide bonds. The molecule has 1 rings (SSSR count). The molecule has 3 heteroatoms. The molecule has 0 aliphatic carbocycles. The number of nitrogens with zero attached hydrogens (tertiary/aromatic N) is 1. The second kappa shape index (κ2) is 4.23. The van der Waals surface area contributed by atoms with Crippen LogP contribution in [0, 0.1) is 12.1 Å². The monoisotopic (exact) mass is 180 g/mol. The third-order valence-electron chi connectivity index (χ3n) is 2.16. The molecular weight excluding hydrogens is 164 g/mol. The van der Waals surface area contributed by atoms with Gasteiger partial charge < -0.3 is 10.9 Å². The first-order chi connectivity index (χ1) is 6.19. The molecule has 0 unspecified atom stereocenters. The van der Waals surface area contributed by atoms with Gasteiger partial charge in [0.05, 0.1) is 0 Å². The van der Waals surface area contributed by atoms with Crippen LogP contribution >= 0.6 is 0 Å². The van der Waals surface area contributed by atoms with E-state index in [4.69, 9.17) is 5.73 Å². The summed E-state index contributed by atoms with van der Waals surface area (Å²) in [6.45, 7) is 4.37. The number of nitrogens with two attached hydrogens (primary N) is 1. The van der Waals surface area contributed by atoms with Gasteiger partial charge in [-0.1, -0.05) is 13.3 Å². The molecule has 0 aromatic carbocycles. The molecule has 1 aromatic heterocycles. The summed E-state index contributed by atoms with van der Waals surface area (Å²) in [6.07, 6.45) is 3.66. The zero-order valence-corrected chi connectivity index (χ0v) is 8.21. The molecule has 0 atom stereocenters. The molecule has 3 nitrogen and oxygen atoms in total. The van der Waals surface area contributed by atoms with Crippen LogP contribution in [0.5, 0.6) is 0 Å². The third-order valence-corrected chi connectivity index (χ3v) is 2.16. The van der Waals surface area contributed by atoms with Crippen molar-refractivity contribution in [1.29, 1.82) is 0 Å². The Hall–Kier alpha value is -1.09. The molecule has 1 aromatic rings. The predicted molar refractivity (Wildman–Crippen MR) is 52.0 cm³/mol. The Balaban J connectivity index is 3.09. The van der Waals surface area contributed by atoms with E-state index in [1.165, 1.54) is 5.56 Å². The van der Waals surface area contributed by atoms with E-state index in [-0.39, 0.29) is 0 Å². The average molecular weight is 180 g/mol. The lowest BCUT2D eigenvalue weighted by molar-refractivity contribution is -0.612. The highest BCUT2D eigenvalue weighted by Crippen LogP contribution is 2.09. The fraction of sp³-hybridized carbons (Fsp3) is 0.500. The van der Waals surface area contributed by atoms with Crippen LogP contribution in [-0.2, 0) is 13.0 Å². The number of hydrogen-bond donors (Lipinski definition) is 1. The number of aromatic nitrogens is 1. The Morgan fingerprint density at radius 3 is 2.69 bits per heavy atom. The Bertz CT molecular complexity index is 297. The van der Waals surface area contributed by atoms with Crippen LogP contribution in [0.2, 0.25) is 0 Å². The van der Waals surface area contributed by atoms with Crippen LogP contribution in [0.25, 0.3) is 0 Å². The lowest BCUT2D eigenvalue weighted by atomic mass is 10.0. The van der Waals surface area contributed by atoms with Gasteiger partial charge in [0.2, 0.25) is 0 Å². The van der Waals surface area contributed by atoms with Gasteiger partial charge in [-0.25, -0.2) is 0 Å². The smallest absolute Gasteiger partial charge is 0.189 e. The van der Waals surface area contributed by atoms with Gasteiger partial charge in [0, 0.05) is 25.1 Å². The number of aryl methyl sites for hydroxylation is 2. The lowest BCUT2D eigenvalue weighted by Gasteiger charge is -2.08. The maximum absolute atomic E-state index is 11.2. The highest BCUT2D eigenvalue weighted by Gasteiger charge is 2.07. The van der Waals surface area contributed by atoms with Gasteiger partial charge in [-0.05, 0) is 12.0 Å². The molecule has 72 valence electrons. The Morgan fingerprint density at radius 2 is 2.15 bits per heavy atom. The van der Waals surface area contributed by atoms with E-state index in [0.717, 1.165) is 28.8 Å². The zero-order chi connectivity index (χ0) is 9.84. The van der Waals surface area contributed by atoms with E-state index in [0.29, 0.717) is 6.54 Å². The molecule has 0 aliphatic rings. The summed E-state index contributed by atoms with van der Waals surface area (Å²) in [5.74, 6) is 0. The largest absolute Gasteiger partial charge is 0.619 e. The summed E-state index contributed by atoms with van der Waals surface area (Å²) in [5.41, 5.74) is 8.45. The van der Waals surface area contributed by atoms with Crippen LogP contribution in [0.15, 0.2) is 12.3 Å². The minimum absolute atomic E-state index is 0.442. The second-order valence-corrected chi connectivity index (χ2v) is 3.25. The van der Waals surface area contributed by atoms with Crippen molar-refractivity contribution in [1.82, 2.24) is 0 Å². The molecule has 1 heterocycles. The standard InChI is InChI=1S/C10H16N2O/c1-3-4-9-5-8(2)12(13)7-10(9)6-11/h5,7H,3-4,6,11H2,1-2H3. The molecule has 0 saturated carbocycles. The number of rotatable bonds is 3. The minimum atomic E-state index is 0.442. The van der Waals surface area contributed by atoms with Crippen LogP contribution < -0.4 is 10.5 Å². The Kier molecular flexibility index (Phi) is 3.25. The Morgan fingerprint density at radius 1 is 1.46 bits per heavy atom. The number of pyridine rings is 1. The van der Waals surface area contributed by atoms with E-state index in [9.17, 15) is 5.21 Å². The maximum atomic E-state index is 11.2. The van der Waals surface area contributed by atoms with Crippen molar-refractivity contribution in [3.8, 4) is 0 Å². The van der Waals surface area contributed by atoms with E-state index < -0.39 is 0 Å². The van der Waals surface area contributed by atoms with Gasteiger partial charge in [-0.2, -0.15) is 4.73 Å². The third kappa shape index (κ3) is 2.18. The normalized spacial score (nSPS) is 10.4. The molecule has 0 aliphatic heterocycles. The predicted octanol–water partition coefficient (Wildman–Crippen LogP) is 1.04. The molecule has 2 N–H and O–H groups in total. The molecule has 0 spiro atoms. The van der Waals surface area contributed by atoms with Crippen LogP contribution in [0.1, 0.15) is 30.2 Å². The average Bonchev–Trinajstić information content (AvgIpc) is 2.11. The molecule has 0 fully saturated rings. The van der Waals surface area contributed by atoms with Gasteiger partial charge in [0.25, 0.3) is 0 Å². The van der Waals surface area contributed by atoms with Crippen molar-refractivity contribution in [2.45, 2.75) is 33.2 Å². The molecular formula is C10H16N2O. The lowest BCUT2D eigenvalue weighted by Crippen LogP contribution is -2.31. The van der Waals surface area contributed by atoms with E-state index in [1.54, 1.807) is 6.20 Å². The number of hydrogen-bond acceptors (Lipinski definition) is 2. The van der Waals surface area contributed by atoms with Crippen molar-refractivity contribution in [3.05, 3.63) is 34.3 Å². The van der Waals surface area contributed by atoms with Crippen LogP contribution in [0.4, 0.5) is 0 Å². The topological polar surface area (TPSA) is 53.0 Å². The van der Waals surface area contributed by atoms with Crippen molar-refractivity contribution in [3.63, 3.8) is 0 Å². The van der Waals surface area contributed by atoms with Gasteiger partial charge in [0.1, 0.15) is 0 Å². The van der Waals surface area contributed by atoms with E-state index >= 15 is 0 Å². The molecule has 0 saturated heterocycles. The van der Waals surface area contributed by atoms with Crippen molar-refractivity contribution in [2.24, 2.45) is 5.73 Å². The minimum Gasteiger partial charge on any atom is -0.619 e. The highest BCUT2D eigenvalue weighted by atomic mass is 16.5. The van der Waals surface area contributed by atoms with Crippen molar-refractivity contribution in [2.75, 3.05) is 0 Å². The quantitative estimate of drug-likeness (QED) is 0.558. The summed E-state index contributed by atoms with van der Waals surface area (Å²) in [7, 11) is 0. The van der Waals surface area contributed by atoms with Gasteiger partial charge in [-0.15, -0.1) is 0 Å². The maximum Gasteiger partial charge on any atom is 0.189 e. The van der Waals surface area contributed by atoms with Gasteiger partial charge in [0.15, 0.2) is 11.9 Å². The van der Waals surface area contributed by atoms with E-state index in [2.05, 4.69) is 6.92 Å². The first kappa shape index (κ1) is 9.99. The van der Waals surface area contributed by atoms with Crippen LogP contribution in [-0.4, -0.2) is 0 Å². The van der Waals surface area contributed by atoms with Gasteiger partial charge >= 0.3 is 0 Å². The Labute approximate surface area is 78.8 Å². The second-order valence-electron chi connectivity index (χ2n) is 3.25. The van der Waals surface area contributed by atoms with E-state index in [1.807, 2.05) is 13.0 Å².